The van der Waals surface area contributed by atoms with Crippen molar-refractivity contribution in [3.8, 4) is 0 Å². The highest BCUT2D eigenvalue weighted by Gasteiger charge is 2.36. The fourth-order valence-electron chi connectivity index (χ4n) is 2.11. The van der Waals surface area contributed by atoms with Crippen LogP contribution in [0.5, 0.6) is 0 Å². The lowest BCUT2D eigenvalue weighted by molar-refractivity contribution is -0.140. The van der Waals surface area contributed by atoms with E-state index in [9.17, 15) is 14.4 Å². The zero-order valence-corrected chi connectivity index (χ0v) is 11.4. The van der Waals surface area contributed by atoms with Gasteiger partial charge in [0.2, 0.25) is 0 Å². The Bertz CT molecular complexity index is 596. The molecule has 0 saturated carbocycles. The number of aromatic amines is 1. The zero-order chi connectivity index (χ0) is 14.2. The Morgan fingerprint density at radius 2 is 2.16 bits per heavy atom. The van der Waals surface area contributed by atoms with E-state index in [0.717, 1.165) is 0 Å². The Kier molecular flexibility index (Phi) is 3.66. The van der Waals surface area contributed by atoms with Gasteiger partial charge in [-0.15, -0.1) is 11.8 Å². The van der Waals surface area contributed by atoms with Crippen molar-refractivity contribution in [3.05, 3.63) is 33.2 Å². The molecule has 1 aliphatic rings. The van der Waals surface area contributed by atoms with Crippen molar-refractivity contribution in [2.24, 2.45) is 0 Å². The molecule has 0 radical (unpaired) electrons. The number of nitrogens with one attached hydrogen (secondary N) is 1. The summed E-state index contributed by atoms with van der Waals surface area (Å²) in [5, 5.41) is 9.07. The van der Waals surface area contributed by atoms with Crippen LogP contribution in [0.15, 0.2) is 10.9 Å². The number of nitrogens with zero attached hydrogens (tertiary/aromatic N) is 1. The van der Waals surface area contributed by atoms with Crippen LogP contribution in [0.1, 0.15) is 21.6 Å². The standard InChI is InChI=1S/C12H14N2O4S/c1-6-3-7(2)13-10(15)9(6)11(16)14-5-19-4-8(14)12(17)18/h3,8H,4-5H2,1-2H3,(H,13,15)(H,17,18). The van der Waals surface area contributed by atoms with Gasteiger partial charge in [0.1, 0.15) is 11.6 Å². The molecule has 7 heteroatoms. The molecule has 102 valence electrons. The number of carbonyl (C=O) groups is 2. The summed E-state index contributed by atoms with van der Waals surface area (Å²) in [5.74, 6) is -0.914. The molecule has 0 aromatic carbocycles. The highest BCUT2D eigenvalue weighted by atomic mass is 32.2. The molecule has 2 rings (SSSR count). The van der Waals surface area contributed by atoms with Crippen molar-refractivity contribution in [1.29, 1.82) is 0 Å². The van der Waals surface area contributed by atoms with Crippen molar-refractivity contribution in [3.63, 3.8) is 0 Å². The van der Waals surface area contributed by atoms with Gasteiger partial charge in [-0.05, 0) is 25.5 Å². The molecule has 2 N–H and O–H groups in total. The predicted octanol–water partition coefficient (Wildman–Crippen LogP) is 0.591. The maximum Gasteiger partial charge on any atom is 0.327 e. The van der Waals surface area contributed by atoms with E-state index in [0.29, 0.717) is 22.9 Å². The number of carboxylic acids is 1. The highest BCUT2D eigenvalue weighted by Crippen LogP contribution is 2.23. The molecular weight excluding hydrogens is 268 g/mol. The molecule has 1 saturated heterocycles. The molecule has 1 aromatic heterocycles. The van der Waals surface area contributed by atoms with Gasteiger partial charge in [0, 0.05) is 11.4 Å². The summed E-state index contributed by atoms with van der Waals surface area (Å²) in [6, 6.07) is 0.839. The van der Waals surface area contributed by atoms with Gasteiger partial charge in [-0.1, -0.05) is 0 Å². The third kappa shape index (κ3) is 2.51. The Morgan fingerprint density at radius 3 is 2.74 bits per heavy atom. The fourth-order valence-corrected chi connectivity index (χ4v) is 3.26. The summed E-state index contributed by atoms with van der Waals surface area (Å²) in [6.07, 6.45) is 0. The predicted molar refractivity (Wildman–Crippen MR) is 71.5 cm³/mol. The van der Waals surface area contributed by atoms with Crippen molar-refractivity contribution in [2.45, 2.75) is 19.9 Å². The van der Waals surface area contributed by atoms with Crippen LogP contribution < -0.4 is 5.56 Å². The second kappa shape index (κ2) is 5.08. The van der Waals surface area contributed by atoms with Crippen LogP contribution in [0, 0.1) is 13.8 Å². The fraction of sp³-hybridized carbons (Fsp3) is 0.417. The summed E-state index contributed by atoms with van der Waals surface area (Å²) in [7, 11) is 0. The molecule has 2 heterocycles. The van der Waals surface area contributed by atoms with E-state index in [1.54, 1.807) is 19.9 Å². The number of hydrogen-bond donors (Lipinski definition) is 2. The maximum atomic E-state index is 12.3. The monoisotopic (exact) mass is 282 g/mol. The average Bonchev–Trinajstić information content (AvgIpc) is 2.75. The van der Waals surface area contributed by atoms with Gasteiger partial charge < -0.3 is 15.0 Å². The molecule has 1 unspecified atom stereocenters. The number of carboxylic acid groups (broad SMARTS) is 1. The summed E-state index contributed by atoms with van der Waals surface area (Å²) in [5.41, 5.74) is 0.791. The largest absolute Gasteiger partial charge is 0.480 e. The van der Waals surface area contributed by atoms with Crippen LogP contribution in [0.25, 0.3) is 0 Å². The van der Waals surface area contributed by atoms with Crippen molar-refractivity contribution < 1.29 is 14.7 Å². The van der Waals surface area contributed by atoms with E-state index in [-0.39, 0.29) is 5.56 Å². The maximum absolute atomic E-state index is 12.3. The van der Waals surface area contributed by atoms with Crippen molar-refractivity contribution in [2.75, 3.05) is 11.6 Å². The summed E-state index contributed by atoms with van der Waals surface area (Å²) in [6.45, 7) is 3.41. The van der Waals surface area contributed by atoms with Gasteiger partial charge in [0.05, 0.1) is 5.88 Å². The van der Waals surface area contributed by atoms with Crippen molar-refractivity contribution >= 4 is 23.6 Å². The molecule has 1 atom stereocenters. The molecule has 0 bridgehead atoms. The lowest BCUT2D eigenvalue weighted by atomic mass is 10.1. The minimum Gasteiger partial charge on any atom is -0.480 e. The van der Waals surface area contributed by atoms with E-state index >= 15 is 0 Å². The second-order valence-corrected chi connectivity index (χ2v) is 5.47. The van der Waals surface area contributed by atoms with Crippen LogP contribution in [0.3, 0.4) is 0 Å². The smallest absolute Gasteiger partial charge is 0.327 e. The molecule has 1 fully saturated rings. The van der Waals surface area contributed by atoms with Crippen LogP contribution >= 0.6 is 11.8 Å². The van der Waals surface area contributed by atoms with E-state index < -0.39 is 23.5 Å². The first-order valence-corrected chi connectivity index (χ1v) is 6.89. The number of rotatable bonds is 2. The molecule has 6 nitrogen and oxygen atoms in total. The third-order valence-electron chi connectivity index (χ3n) is 3.01. The zero-order valence-electron chi connectivity index (χ0n) is 10.6. The lowest BCUT2D eigenvalue weighted by Gasteiger charge is -2.20. The Labute approximate surface area is 113 Å². The number of aryl methyl sites for hydroxylation is 2. The van der Waals surface area contributed by atoms with Gasteiger partial charge >= 0.3 is 5.97 Å². The summed E-state index contributed by atoms with van der Waals surface area (Å²) in [4.78, 5) is 39.1. The highest BCUT2D eigenvalue weighted by molar-refractivity contribution is 7.99. The number of aliphatic carboxylic acids is 1. The van der Waals surface area contributed by atoms with E-state index in [4.69, 9.17) is 5.11 Å². The van der Waals surface area contributed by atoms with Gasteiger partial charge in [0.15, 0.2) is 0 Å². The number of hydrogen-bond acceptors (Lipinski definition) is 4. The van der Waals surface area contributed by atoms with E-state index in [1.807, 2.05) is 0 Å². The van der Waals surface area contributed by atoms with Crippen molar-refractivity contribution in [1.82, 2.24) is 9.88 Å². The minimum absolute atomic E-state index is 0.0272. The minimum atomic E-state index is -1.04. The van der Waals surface area contributed by atoms with Crippen LogP contribution in [-0.2, 0) is 4.79 Å². The molecule has 0 aliphatic carbocycles. The number of carbonyl (C=O) groups excluding carboxylic acids is 1. The van der Waals surface area contributed by atoms with E-state index in [1.165, 1.54) is 16.7 Å². The molecular formula is C12H14N2O4S. The van der Waals surface area contributed by atoms with Gasteiger partial charge in [-0.3, -0.25) is 9.59 Å². The molecule has 0 spiro atoms. The number of amides is 1. The van der Waals surface area contributed by atoms with Crippen LogP contribution in [0.4, 0.5) is 0 Å². The molecule has 1 aromatic rings. The van der Waals surface area contributed by atoms with Crippen LogP contribution in [-0.4, -0.2) is 44.5 Å². The number of H-pyrrole nitrogens is 1. The SMILES string of the molecule is Cc1cc(C)c(C(=O)N2CSCC2C(=O)O)c(=O)[nH]1. The summed E-state index contributed by atoms with van der Waals surface area (Å²) >= 11 is 1.37. The average molecular weight is 282 g/mol. The lowest BCUT2D eigenvalue weighted by Crippen LogP contribution is -2.43. The van der Waals surface area contributed by atoms with Gasteiger partial charge in [0.25, 0.3) is 11.5 Å². The number of pyridine rings is 1. The molecule has 19 heavy (non-hydrogen) atoms. The second-order valence-electron chi connectivity index (χ2n) is 4.47. The van der Waals surface area contributed by atoms with Gasteiger partial charge in [-0.25, -0.2) is 4.79 Å². The Morgan fingerprint density at radius 1 is 1.47 bits per heavy atom. The van der Waals surface area contributed by atoms with E-state index in [2.05, 4.69) is 4.98 Å². The Balaban J connectivity index is 2.40. The first kappa shape index (κ1) is 13.7. The third-order valence-corrected chi connectivity index (χ3v) is 4.02. The molecule has 1 amide bonds. The topological polar surface area (TPSA) is 90.5 Å². The van der Waals surface area contributed by atoms with Gasteiger partial charge in [-0.2, -0.15) is 0 Å². The molecule has 1 aliphatic heterocycles. The quantitative estimate of drug-likeness (QED) is 0.828. The van der Waals surface area contributed by atoms with Crippen LogP contribution in [0.2, 0.25) is 0 Å². The number of aromatic nitrogens is 1. The normalized spacial score (nSPS) is 18.6. The number of thioether (sulfide) groups is 1. The Hall–Kier alpha value is -1.76. The summed E-state index contributed by atoms with van der Waals surface area (Å²) < 4.78 is 0. The first-order valence-electron chi connectivity index (χ1n) is 5.74. The first-order chi connectivity index (χ1) is 8.91.